The number of hydrogen-bond donors (Lipinski definition) is 3. The summed E-state index contributed by atoms with van der Waals surface area (Å²) in [5, 5.41) is 11.4. The Kier molecular flexibility index (Phi) is 4.83. The minimum Gasteiger partial charge on any atom is -0.394 e. The number of nitrogens with one attached hydrogen (secondary N) is 1. The molecule has 0 saturated carbocycles. The van der Waals surface area contributed by atoms with Crippen LogP contribution in [0.1, 0.15) is 0 Å². The van der Waals surface area contributed by atoms with Gasteiger partial charge >= 0.3 is 0 Å². The molecule has 0 unspecified atom stereocenters. The molecule has 1 atom stereocenters. The molecular formula is C10H12ClN3O2S. The lowest BCUT2D eigenvalue weighted by Crippen LogP contribution is -2.38. The summed E-state index contributed by atoms with van der Waals surface area (Å²) in [4.78, 5) is 15.5. The fraction of sp³-hybridized carbons (Fsp3) is 0.200. The van der Waals surface area contributed by atoms with Crippen molar-refractivity contribution in [2.75, 3.05) is 11.9 Å². The van der Waals surface area contributed by atoms with Gasteiger partial charge in [-0.3, -0.25) is 4.79 Å². The van der Waals surface area contributed by atoms with Crippen molar-refractivity contribution in [2.24, 2.45) is 5.73 Å². The van der Waals surface area contributed by atoms with Crippen LogP contribution in [0.15, 0.2) is 23.7 Å². The van der Waals surface area contributed by atoms with E-state index in [0.29, 0.717) is 5.69 Å². The van der Waals surface area contributed by atoms with Gasteiger partial charge in [-0.25, -0.2) is 4.98 Å². The number of halogens is 1. The van der Waals surface area contributed by atoms with Crippen LogP contribution in [0.25, 0.3) is 10.2 Å². The van der Waals surface area contributed by atoms with Crippen LogP contribution in [0.5, 0.6) is 0 Å². The zero-order valence-electron chi connectivity index (χ0n) is 8.79. The van der Waals surface area contributed by atoms with Crippen LogP contribution in [0, 0.1) is 0 Å². The van der Waals surface area contributed by atoms with Gasteiger partial charge in [0.25, 0.3) is 0 Å². The second kappa shape index (κ2) is 5.92. The van der Waals surface area contributed by atoms with E-state index in [0.717, 1.165) is 10.2 Å². The molecule has 1 aromatic carbocycles. The largest absolute Gasteiger partial charge is 0.394 e. The molecule has 0 radical (unpaired) electrons. The first-order valence-electron chi connectivity index (χ1n) is 4.71. The molecule has 17 heavy (non-hydrogen) atoms. The number of aliphatic hydroxyl groups is 1. The maximum atomic E-state index is 11.4. The summed E-state index contributed by atoms with van der Waals surface area (Å²) < 4.78 is 0.996. The quantitative estimate of drug-likeness (QED) is 0.778. The lowest BCUT2D eigenvalue weighted by atomic mass is 10.2. The molecule has 1 aromatic heterocycles. The van der Waals surface area contributed by atoms with Crippen molar-refractivity contribution in [3.8, 4) is 0 Å². The van der Waals surface area contributed by atoms with E-state index in [1.807, 2.05) is 12.1 Å². The molecule has 7 heteroatoms. The van der Waals surface area contributed by atoms with Gasteiger partial charge < -0.3 is 16.2 Å². The fourth-order valence-corrected chi connectivity index (χ4v) is 1.97. The second-order valence-electron chi connectivity index (χ2n) is 3.31. The average molecular weight is 274 g/mol. The number of thiazole rings is 1. The minimum atomic E-state index is -0.892. The van der Waals surface area contributed by atoms with Crippen LogP contribution in [0.2, 0.25) is 0 Å². The van der Waals surface area contributed by atoms with Gasteiger partial charge in [-0.05, 0) is 18.2 Å². The monoisotopic (exact) mass is 273 g/mol. The van der Waals surface area contributed by atoms with Crippen molar-refractivity contribution < 1.29 is 9.90 Å². The van der Waals surface area contributed by atoms with Crippen molar-refractivity contribution in [1.29, 1.82) is 0 Å². The van der Waals surface area contributed by atoms with Crippen molar-refractivity contribution in [3.05, 3.63) is 23.7 Å². The molecule has 1 amide bonds. The summed E-state index contributed by atoms with van der Waals surface area (Å²) in [7, 11) is 0. The lowest BCUT2D eigenvalue weighted by molar-refractivity contribution is -0.118. The Morgan fingerprint density at radius 1 is 1.59 bits per heavy atom. The van der Waals surface area contributed by atoms with E-state index in [-0.39, 0.29) is 19.0 Å². The van der Waals surface area contributed by atoms with E-state index in [1.54, 1.807) is 11.6 Å². The Bertz CT molecular complexity index is 517. The first kappa shape index (κ1) is 13.9. The number of carbonyl (C=O) groups is 1. The molecule has 1 heterocycles. The Labute approximate surface area is 108 Å². The number of nitrogens with two attached hydrogens (primary N) is 1. The Morgan fingerprint density at radius 2 is 2.35 bits per heavy atom. The molecule has 0 aliphatic heterocycles. The van der Waals surface area contributed by atoms with Gasteiger partial charge in [-0.1, -0.05) is 0 Å². The molecule has 0 bridgehead atoms. The van der Waals surface area contributed by atoms with E-state index in [2.05, 4.69) is 10.3 Å². The zero-order chi connectivity index (χ0) is 11.5. The highest BCUT2D eigenvalue weighted by molar-refractivity contribution is 7.16. The Balaban J connectivity index is 0.00000144. The number of benzene rings is 1. The molecule has 2 rings (SSSR count). The van der Waals surface area contributed by atoms with Crippen LogP contribution in [0.3, 0.4) is 0 Å². The SMILES string of the molecule is Cl.N[C@H](CO)C(=O)Nc1ccc2ncsc2c1. The van der Waals surface area contributed by atoms with Gasteiger partial charge in [0, 0.05) is 5.69 Å². The van der Waals surface area contributed by atoms with E-state index in [1.165, 1.54) is 11.3 Å². The number of hydrogen-bond acceptors (Lipinski definition) is 5. The van der Waals surface area contributed by atoms with Crippen molar-refractivity contribution in [2.45, 2.75) is 6.04 Å². The molecule has 92 valence electrons. The third-order valence-corrected chi connectivity index (χ3v) is 2.92. The first-order chi connectivity index (χ1) is 7.70. The number of nitrogens with zero attached hydrogens (tertiary/aromatic N) is 1. The average Bonchev–Trinajstić information content (AvgIpc) is 2.75. The van der Waals surface area contributed by atoms with Crippen LogP contribution in [0.4, 0.5) is 5.69 Å². The van der Waals surface area contributed by atoms with Gasteiger partial charge in [0.15, 0.2) is 0 Å². The smallest absolute Gasteiger partial charge is 0.243 e. The second-order valence-corrected chi connectivity index (χ2v) is 4.20. The molecule has 0 aliphatic rings. The van der Waals surface area contributed by atoms with E-state index < -0.39 is 11.9 Å². The highest BCUT2D eigenvalue weighted by Crippen LogP contribution is 2.21. The summed E-state index contributed by atoms with van der Waals surface area (Å²) in [6, 6.07) is 4.52. The number of aromatic nitrogens is 1. The molecule has 0 aliphatic carbocycles. The third-order valence-electron chi connectivity index (χ3n) is 2.13. The number of carbonyl (C=O) groups excluding carboxylic acids is 1. The predicted octanol–water partition coefficient (Wildman–Crippen LogP) is 0.976. The first-order valence-corrected chi connectivity index (χ1v) is 5.59. The predicted molar refractivity (Wildman–Crippen MR) is 70.6 cm³/mol. The highest BCUT2D eigenvalue weighted by Gasteiger charge is 2.12. The molecule has 0 saturated heterocycles. The minimum absolute atomic E-state index is 0. The summed E-state index contributed by atoms with van der Waals surface area (Å²) in [6.45, 7) is -0.366. The number of amides is 1. The van der Waals surface area contributed by atoms with Gasteiger partial charge in [0.05, 0.1) is 22.3 Å². The van der Waals surface area contributed by atoms with Crippen LogP contribution in [-0.2, 0) is 4.79 Å². The summed E-state index contributed by atoms with van der Waals surface area (Å²) in [5.41, 5.74) is 8.69. The van der Waals surface area contributed by atoms with Crippen LogP contribution in [-0.4, -0.2) is 28.6 Å². The maximum absolute atomic E-state index is 11.4. The van der Waals surface area contributed by atoms with Gasteiger partial charge in [0.1, 0.15) is 6.04 Å². The summed E-state index contributed by atoms with van der Waals surface area (Å²) in [5.74, 6) is -0.397. The third kappa shape index (κ3) is 3.13. The van der Waals surface area contributed by atoms with Crippen molar-refractivity contribution in [1.82, 2.24) is 4.98 Å². The molecule has 0 fully saturated rings. The van der Waals surface area contributed by atoms with Gasteiger partial charge in [0.2, 0.25) is 5.91 Å². The number of fused-ring (bicyclic) bond motifs is 1. The standard InChI is InChI=1S/C10H11N3O2S.ClH/c11-7(4-14)10(15)13-6-1-2-8-9(3-6)16-5-12-8;/h1-3,5,7,14H,4,11H2,(H,13,15);1H/t7-;/m1./s1. The summed E-state index contributed by atoms with van der Waals surface area (Å²) >= 11 is 1.50. The van der Waals surface area contributed by atoms with Crippen molar-refractivity contribution in [3.63, 3.8) is 0 Å². The normalized spacial score (nSPS) is 11.9. The lowest BCUT2D eigenvalue weighted by Gasteiger charge is -2.09. The van der Waals surface area contributed by atoms with E-state index in [9.17, 15) is 4.79 Å². The van der Waals surface area contributed by atoms with Crippen molar-refractivity contribution >= 4 is 45.6 Å². The topological polar surface area (TPSA) is 88.2 Å². The van der Waals surface area contributed by atoms with Crippen LogP contribution >= 0.6 is 23.7 Å². The maximum Gasteiger partial charge on any atom is 0.243 e. The van der Waals surface area contributed by atoms with Gasteiger partial charge in [-0.2, -0.15) is 0 Å². The Morgan fingerprint density at radius 3 is 3.06 bits per heavy atom. The number of aliphatic hydroxyl groups excluding tert-OH is 1. The number of rotatable bonds is 3. The summed E-state index contributed by atoms with van der Waals surface area (Å²) in [6.07, 6.45) is 0. The van der Waals surface area contributed by atoms with Gasteiger partial charge in [-0.15, -0.1) is 23.7 Å². The molecule has 5 nitrogen and oxygen atoms in total. The molecular weight excluding hydrogens is 262 g/mol. The fourth-order valence-electron chi connectivity index (χ4n) is 1.25. The molecule has 4 N–H and O–H groups in total. The Hall–Kier alpha value is -1.21. The van der Waals surface area contributed by atoms with Crippen LogP contribution < -0.4 is 11.1 Å². The highest BCUT2D eigenvalue weighted by atomic mass is 35.5. The molecule has 0 spiro atoms. The zero-order valence-corrected chi connectivity index (χ0v) is 10.4. The van der Waals surface area contributed by atoms with E-state index in [4.69, 9.17) is 10.8 Å². The number of anilines is 1. The molecule has 2 aromatic rings. The van der Waals surface area contributed by atoms with E-state index >= 15 is 0 Å².